The van der Waals surface area contributed by atoms with E-state index in [1.54, 1.807) is 13.8 Å². The van der Waals surface area contributed by atoms with Crippen molar-refractivity contribution in [3.05, 3.63) is 57.2 Å². The molecule has 170 valence electrons. The quantitative estimate of drug-likeness (QED) is 0.203. The van der Waals surface area contributed by atoms with E-state index >= 15 is 0 Å². The Balaban J connectivity index is 3.34. The summed E-state index contributed by atoms with van der Waals surface area (Å²) in [5.41, 5.74) is 2.30. The average molecular weight is 433 g/mol. The first-order valence-corrected chi connectivity index (χ1v) is 10.3. The largest absolute Gasteiger partial charge is 0.462 e. The molecule has 0 saturated carbocycles. The van der Waals surface area contributed by atoms with Crippen molar-refractivity contribution in [3.8, 4) is 0 Å². The number of hydrogen-bond donors (Lipinski definition) is 0. The SMILES string of the molecule is CCOCC(=O)N(CC=C(C)CCC=C(C)C)c1cc([N+](=O)[O-])ccc1C(=O)OCC. The fraction of sp³-hybridized carbons (Fsp3) is 0.478. The van der Waals surface area contributed by atoms with E-state index in [9.17, 15) is 19.7 Å². The van der Waals surface area contributed by atoms with Gasteiger partial charge in [-0.3, -0.25) is 14.9 Å². The summed E-state index contributed by atoms with van der Waals surface area (Å²) in [6.45, 7) is 9.90. The lowest BCUT2D eigenvalue weighted by molar-refractivity contribution is -0.384. The van der Waals surface area contributed by atoms with E-state index in [0.717, 1.165) is 18.4 Å². The number of amides is 1. The summed E-state index contributed by atoms with van der Waals surface area (Å²) in [6, 6.07) is 3.77. The van der Waals surface area contributed by atoms with Crippen molar-refractivity contribution in [2.45, 2.75) is 47.5 Å². The lowest BCUT2D eigenvalue weighted by Crippen LogP contribution is -2.35. The Hall–Kier alpha value is -3.00. The van der Waals surface area contributed by atoms with Crippen LogP contribution in [-0.2, 0) is 14.3 Å². The minimum atomic E-state index is -0.647. The van der Waals surface area contributed by atoms with Crippen LogP contribution in [-0.4, -0.2) is 43.2 Å². The highest BCUT2D eigenvalue weighted by molar-refractivity contribution is 6.03. The minimum absolute atomic E-state index is 0.0906. The molecule has 0 bridgehead atoms. The molecule has 0 aliphatic carbocycles. The van der Waals surface area contributed by atoms with Crippen LogP contribution in [0.4, 0.5) is 11.4 Å². The lowest BCUT2D eigenvalue weighted by atomic mass is 10.1. The first-order chi connectivity index (χ1) is 14.7. The summed E-state index contributed by atoms with van der Waals surface area (Å²) in [5.74, 6) is -1.05. The van der Waals surface area contributed by atoms with Crippen LogP contribution in [0.15, 0.2) is 41.5 Å². The van der Waals surface area contributed by atoms with Gasteiger partial charge in [-0.05, 0) is 53.5 Å². The van der Waals surface area contributed by atoms with E-state index in [4.69, 9.17) is 9.47 Å². The number of benzene rings is 1. The van der Waals surface area contributed by atoms with Gasteiger partial charge in [-0.2, -0.15) is 0 Å². The summed E-state index contributed by atoms with van der Waals surface area (Å²) in [4.78, 5) is 37.4. The highest BCUT2D eigenvalue weighted by Crippen LogP contribution is 2.28. The van der Waals surface area contributed by atoms with Crippen molar-refractivity contribution < 1.29 is 24.0 Å². The van der Waals surface area contributed by atoms with Gasteiger partial charge in [-0.1, -0.05) is 23.3 Å². The average Bonchev–Trinajstić information content (AvgIpc) is 2.72. The Kier molecular flexibility index (Phi) is 11.2. The van der Waals surface area contributed by atoms with Crippen molar-refractivity contribution in [2.24, 2.45) is 0 Å². The second kappa shape index (κ2) is 13.3. The van der Waals surface area contributed by atoms with E-state index in [2.05, 4.69) is 6.08 Å². The third-order valence-corrected chi connectivity index (χ3v) is 4.42. The summed E-state index contributed by atoms with van der Waals surface area (Å²) >= 11 is 0. The summed E-state index contributed by atoms with van der Waals surface area (Å²) in [6.07, 6.45) is 5.71. The number of rotatable bonds is 12. The van der Waals surface area contributed by atoms with Crippen LogP contribution < -0.4 is 4.90 Å². The van der Waals surface area contributed by atoms with Crippen LogP contribution in [0.5, 0.6) is 0 Å². The van der Waals surface area contributed by atoms with Crippen LogP contribution in [0.25, 0.3) is 0 Å². The number of anilines is 1. The zero-order valence-electron chi connectivity index (χ0n) is 19.0. The molecule has 0 N–H and O–H groups in total. The van der Waals surface area contributed by atoms with Crippen molar-refractivity contribution in [1.29, 1.82) is 0 Å². The molecule has 0 aliphatic rings. The smallest absolute Gasteiger partial charge is 0.340 e. The number of carbonyl (C=O) groups excluding carboxylic acids is 2. The van der Waals surface area contributed by atoms with Gasteiger partial charge in [-0.25, -0.2) is 4.79 Å². The molecule has 1 rings (SSSR count). The third kappa shape index (κ3) is 8.72. The molecular formula is C23H32N2O6. The molecule has 1 aromatic rings. The predicted molar refractivity (Wildman–Crippen MR) is 120 cm³/mol. The molecule has 31 heavy (non-hydrogen) atoms. The number of ether oxygens (including phenoxy) is 2. The Morgan fingerprint density at radius 2 is 1.84 bits per heavy atom. The van der Waals surface area contributed by atoms with E-state index in [1.165, 1.54) is 28.7 Å². The summed E-state index contributed by atoms with van der Waals surface area (Å²) < 4.78 is 10.3. The Labute approximate surface area is 183 Å². The number of carbonyl (C=O) groups is 2. The van der Waals surface area contributed by atoms with Gasteiger partial charge in [0.15, 0.2) is 0 Å². The van der Waals surface area contributed by atoms with Gasteiger partial charge < -0.3 is 14.4 Å². The highest BCUT2D eigenvalue weighted by atomic mass is 16.6. The first-order valence-electron chi connectivity index (χ1n) is 10.3. The second-order valence-corrected chi connectivity index (χ2v) is 7.19. The van der Waals surface area contributed by atoms with Crippen molar-refractivity contribution in [2.75, 3.05) is 31.3 Å². The molecule has 0 unspecified atom stereocenters. The molecule has 0 spiro atoms. The summed E-state index contributed by atoms with van der Waals surface area (Å²) in [5, 5.41) is 11.3. The Morgan fingerprint density at radius 3 is 2.42 bits per heavy atom. The van der Waals surface area contributed by atoms with Gasteiger partial charge in [0.2, 0.25) is 0 Å². The van der Waals surface area contributed by atoms with Gasteiger partial charge in [0, 0.05) is 25.3 Å². The molecule has 0 saturated heterocycles. The molecular weight excluding hydrogens is 400 g/mol. The van der Waals surface area contributed by atoms with Crippen molar-refractivity contribution in [1.82, 2.24) is 0 Å². The number of nitrogens with zero attached hydrogens (tertiary/aromatic N) is 2. The van der Waals surface area contributed by atoms with Gasteiger partial charge in [0.25, 0.3) is 11.6 Å². The van der Waals surface area contributed by atoms with Crippen LogP contribution in [0.2, 0.25) is 0 Å². The minimum Gasteiger partial charge on any atom is -0.462 e. The van der Waals surface area contributed by atoms with E-state index in [-0.39, 0.29) is 36.7 Å². The predicted octanol–water partition coefficient (Wildman–Crippen LogP) is 4.83. The van der Waals surface area contributed by atoms with E-state index in [0.29, 0.717) is 6.61 Å². The molecule has 1 amide bonds. The van der Waals surface area contributed by atoms with Crippen LogP contribution in [0.1, 0.15) is 57.8 Å². The fourth-order valence-electron chi connectivity index (χ4n) is 2.78. The Morgan fingerprint density at radius 1 is 1.13 bits per heavy atom. The fourth-order valence-corrected chi connectivity index (χ4v) is 2.78. The molecule has 8 heteroatoms. The second-order valence-electron chi connectivity index (χ2n) is 7.19. The number of esters is 1. The molecule has 0 radical (unpaired) electrons. The van der Waals surface area contributed by atoms with Gasteiger partial charge >= 0.3 is 5.97 Å². The van der Waals surface area contributed by atoms with Gasteiger partial charge in [-0.15, -0.1) is 0 Å². The first kappa shape index (κ1) is 26.0. The molecule has 1 aromatic carbocycles. The van der Waals surface area contributed by atoms with E-state index < -0.39 is 16.8 Å². The van der Waals surface area contributed by atoms with Crippen LogP contribution in [0.3, 0.4) is 0 Å². The zero-order valence-corrected chi connectivity index (χ0v) is 19.0. The molecule has 0 aromatic heterocycles. The maximum Gasteiger partial charge on any atom is 0.340 e. The number of hydrogen-bond acceptors (Lipinski definition) is 6. The number of nitro benzene ring substituents is 1. The normalized spacial score (nSPS) is 11.1. The number of allylic oxidation sites excluding steroid dienone is 3. The topological polar surface area (TPSA) is 99.0 Å². The summed E-state index contributed by atoms with van der Waals surface area (Å²) in [7, 11) is 0. The Bertz CT molecular complexity index is 840. The van der Waals surface area contributed by atoms with Crippen LogP contribution in [0, 0.1) is 10.1 Å². The molecule has 0 atom stereocenters. The molecule has 0 aliphatic heterocycles. The molecule has 0 fully saturated rings. The van der Waals surface area contributed by atoms with Crippen molar-refractivity contribution in [3.63, 3.8) is 0 Å². The molecule has 0 heterocycles. The third-order valence-electron chi connectivity index (χ3n) is 4.42. The van der Waals surface area contributed by atoms with Crippen molar-refractivity contribution >= 4 is 23.3 Å². The number of non-ortho nitro benzene ring substituents is 1. The molecule has 8 nitrogen and oxygen atoms in total. The maximum absolute atomic E-state index is 12.9. The lowest BCUT2D eigenvalue weighted by Gasteiger charge is -2.24. The van der Waals surface area contributed by atoms with E-state index in [1.807, 2.05) is 26.8 Å². The van der Waals surface area contributed by atoms with Gasteiger partial charge in [0.05, 0.1) is 22.8 Å². The maximum atomic E-state index is 12.9. The van der Waals surface area contributed by atoms with Gasteiger partial charge in [0.1, 0.15) is 6.61 Å². The monoisotopic (exact) mass is 432 g/mol. The highest BCUT2D eigenvalue weighted by Gasteiger charge is 2.25. The zero-order chi connectivity index (χ0) is 23.4. The standard InChI is InChI=1S/C23H32N2O6/c1-6-30-16-22(26)24(14-13-18(5)10-8-9-17(3)4)21-15-19(25(28)29)11-12-20(21)23(27)31-7-2/h9,11-13,15H,6-8,10,14,16H2,1-5H3. The number of nitro groups is 1. The van der Waals surface area contributed by atoms with Crippen LogP contribution >= 0.6 is 0 Å².